The van der Waals surface area contributed by atoms with Gasteiger partial charge in [0.05, 0.1) is 12.0 Å². The van der Waals surface area contributed by atoms with Crippen molar-refractivity contribution in [2.24, 2.45) is 0 Å². The first-order chi connectivity index (χ1) is 12.7. The molecule has 26 heavy (non-hydrogen) atoms. The topological polar surface area (TPSA) is 42.7 Å². The van der Waals surface area contributed by atoms with Gasteiger partial charge in [-0.05, 0) is 49.2 Å². The number of carbonyl (C=O) groups excluding carboxylic acids is 1. The molecule has 1 aromatic carbocycles. The second kappa shape index (κ2) is 7.29. The van der Waals surface area contributed by atoms with Crippen molar-refractivity contribution in [1.29, 1.82) is 0 Å². The lowest BCUT2D eigenvalue weighted by molar-refractivity contribution is -0.123. The largest absolute Gasteiger partial charge is 0.497 e. The molecule has 0 N–H and O–H groups in total. The number of methoxy groups -OCH3 is 1. The fraction of sp³-hybridized carbons (Fsp3) is 0.300. The van der Waals surface area contributed by atoms with E-state index in [1.54, 1.807) is 18.1 Å². The predicted molar refractivity (Wildman–Crippen MR) is 108 cm³/mol. The summed E-state index contributed by atoms with van der Waals surface area (Å²) in [6.07, 6.45) is 6.22. The summed E-state index contributed by atoms with van der Waals surface area (Å²) in [6, 6.07) is 11.7. The number of nitrogens with zero attached hydrogens (tertiary/aromatic N) is 1. The summed E-state index contributed by atoms with van der Waals surface area (Å²) in [6.45, 7) is 0. The zero-order valence-corrected chi connectivity index (χ0v) is 16.1. The van der Waals surface area contributed by atoms with Crippen LogP contribution in [0.1, 0.15) is 31.4 Å². The third-order valence-electron chi connectivity index (χ3n) is 4.79. The lowest BCUT2D eigenvalue weighted by Gasteiger charge is -2.21. The fourth-order valence-electron chi connectivity index (χ4n) is 3.43. The van der Waals surface area contributed by atoms with Gasteiger partial charge in [0.1, 0.15) is 21.6 Å². The Bertz CT molecular complexity index is 863. The second-order valence-electron chi connectivity index (χ2n) is 6.42. The number of benzene rings is 1. The van der Waals surface area contributed by atoms with Gasteiger partial charge in [0.25, 0.3) is 5.91 Å². The Morgan fingerprint density at radius 3 is 2.62 bits per heavy atom. The van der Waals surface area contributed by atoms with E-state index in [1.807, 2.05) is 36.4 Å². The molecule has 0 spiro atoms. The summed E-state index contributed by atoms with van der Waals surface area (Å²) in [4.78, 5) is 15.2. The number of thioether (sulfide) groups is 1. The van der Waals surface area contributed by atoms with Gasteiger partial charge in [0.15, 0.2) is 0 Å². The van der Waals surface area contributed by atoms with Crippen LogP contribution in [-0.4, -0.2) is 28.3 Å². The standard InChI is InChI=1S/C20H19NO3S2/c1-23-15-8-6-13(7-9-15)17-11-10-16(24-17)12-18-19(22)21(20(25)26-18)14-4-2-3-5-14/h6-12,14H,2-5H2,1H3. The van der Waals surface area contributed by atoms with Crippen molar-refractivity contribution in [2.45, 2.75) is 31.7 Å². The van der Waals surface area contributed by atoms with Crippen LogP contribution in [0.2, 0.25) is 0 Å². The highest BCUT2D eigenvalue weighted by Gasteiger charge is 2.38. The van der Waals surface area contributed by atoms with Crippen LogP contribution < -0.4 is 4.74 Å². The SMILES string of the molecule is COc1ccc(-c2ccc(C=C3SC(=S)N(C4CCCC4)C3=O)o2)cc1. The minimum Gasteiger partial charge on any atom is -0.497 e. The molecule has 6 heteroatoms. The van der Waals surface area contributed by atoms with Crippen molar-refractivity contribution in [3.63, 3.8) is 0 Å². The number of hydrogen-bond donors (Lipinski definition) is 0. The summed E-state index contributed by atoms with van der Waals surface area (Å²) >= 11 is 6.80. The predicted octanol–water partition coefficient (Wildman–Crippen LogP) is 5.10. The molecule has 4 nitrogen and oxygen atoms in total. The van der Waals surface area contributed by atoms with Crippen molar-refractivity contribution < 1.29 is 13.9 Å². The molecule has 1 aromatic heterocycles. The van der Waals surface area contributed by atoms with Gasteiger partial charge < -0.3 is 9.15 Å². The van der Waals surface area contributed by atoms with E-state index in [0.717, 1.165) is 29.9 Å². The summed E-state index contributed by atoms with van der Waals surface area (Å²) in [5, 5.41) is 0. The van der Waals surface area contributed by atoms with Gasteiger partial charge in [-0.3, -0.25) is 9.69 Å². The highest BCUT2D eigenvalue weighted by molar-refractivity contribution is 8.26. The van der Waals surface area contributed by atoms with E-state index in [1.165, 1.54) is 24.6 Å². The number of ether oxygens (including phenoxy) is 1. The first-order valence-electron chi connectivity index (χ1n) is 8.67. The number of amides is 1. The zero-order chi connectivity index (χ0) is 18.1. The Morgan fingerprint density at radius 1 is 1.19 bits per heavy atom. The van der Waals surface area contributed by atoms with Gasteiger partial charge in [0, 0.05) is 17.7 Å². The van der Waals surface area contributed by atoms with Crippen molar-refractivity contribution in [3.05, 3.63) is 47.1 Å². The van der Waals surface area contributed by atoms with Crippen LogP contribution in [0.15, 0.2) is 45.7 Å². The average Bonchev–Trinajstić information content (AvgIpc) is 3.38. The molecule has 1 saturated heterocycles. The Labute approximate surface area is 162 Å². The normalized spacial score (nSPS) is 19.7. The molecule has 1 aliphatic carbocycles. The maximum Gasteiger partial charge on any atom is 0.266 e. The Morgan fingerprint density at radius 2 is 1.92 bits per heavy atom. The van der Waals surface area contributed by atoms with Gasteiger partial charge in [-0.25, -0.2) is 0 Å². The van der Waals surface area contributed by atoms with Crippen LogP contribution in [-0.2, 0) is 4.79 Å². The number of rotatable bonds is 4. The Balaban J connectivity index is 1.54. The van der Waals surface area contributed by atoms with Gasteiger partial charge in [-0.1, -0.05) is 36.8 Å². The lowest BCUT2D eigenvalue weighted by Crippen LogP contribution is -2.36. The average molecular weight is 386 g/mol. The van der Waals surface area contributed by atoms with E-state index in [0.29, 0.717) is 15.0 Å². The van der Waals surface area contributed by atoms with Crippen molar-refractivity contribution in [2.75, 3.05) is 7.11 Å². The van der Waals surface area contributed by atoms with Crippen molar-refractivity contribution >= 4 is 40.3 Å². The third kappa shape index (κ3) is 3.31. The molecular formula is C20H19NO3S2. The van der Waals surface area contributed by atoms with Gasteiger partial charge in [-0.2, -0.15) is 0 Å². The van der Waals surface area contributed by atoms with Crippen LogP contribution in [0.25, 0.3) is 17.4 Å². The van der Waals surface area contributed by atoms with Crippen LogP contribution in [0.4, 0.5) is 0 Å². The monoisotopic (exact) mass is 385 g/mol. The molecular weight excluding hydrogens is 366 g/mol. The lowest BCUT2D eigenvalue weighted by atomic mass is 10.2. The highest BCUT2D eigenvalue weighted by atomic mass is 32.2. The van der Waals surface area contributed by atoms with Crippen LogP contribution in [0.5, 0.6) is 5.75 Å². The van der Waals surface area contributed by atoms with E-state index < -0.39 is 0 Å². The number of hydrogen-bond acceptors (Lipinski definition) is 5. The molecule has 0 bridgehead atoms. The van der Waals surface area contributed by atoms with E-state index in [2.05, 4.69) is 0 Å². The minimum absolute atomic E-state index is 0.00861. The third-order valence-corrected chi connectivity index (χ3v) is 6.12. The van der Waals surface area contributed by atoms with Gasteiger partial charge >= 0.3 is 0 Å². The maximum atomic E-state index is 12.7. The fourth-order valence-corrected chi connectivity index (χ4v) is 4.81. The molecule has 4 rings (SSSR count). The number of carbonyl (C=O) groups is 1. The summed E-state index contributed by atoms with van der Waals surface area (Å²) in [7, 11) is 1.64. The van der Waals surface area contributed by atoms with Crippen LogP contribution in [0, 0.1) is 0 Å². The van der Waals surface area contributed by atoms with Crippen molar-refractivity contribution in [3.8, 4) is 17.1 Å². The molecule has 134 valence electrons. The molecule has 2 heterocycles. The maximum absolute atomic E-state index is 12.7. The van der Waals surface area contributed by atoms with E-state index >= 15 is 0 Å². The minimum atomic E-state index is 0.00861. The molecule has 1 saturated carbocycles. The number of furan rings is 1. The molecule has 1 aliphatic heterocycles. The zero-order valence-electron chi connectivity index (χ0n) is 14.4. The van der Waals surface area contributed by atoms with E-state index in [4.69, 9.17) is 21.4 Å². The quantitative estimate of drug-likeness (QED) is 0.541. The molecule has 2 aliphatic rings. The summed E-state index contributed by atoms with van der Waals surface area (Å²) < 4.78 is 11.7. The van der Waals surface area contributed by atoms with E-state index in [9.17, 15) is 4.79 Å². The highest BCUT2D eigenvalue weighted by Crippen LogP contribution is 2.38. The molecule has 0 unspecified atom stereocenters. The molecule has 0 atom stereocenters. The summed E-state index contributed by atoms with van der Waals surface area (Å²) in [5.41, 5.74) is 0.962. The Kier molecular flexibility index (Phi) is 4.87. The summed E-state index contributed by atoms with van der Waals surface area (Å²) in [5.74, 6) is 2.22. The second-order valence-corrected chi connectivity index (χ2v) is 8.10. The van der Waals surface area contributed by atoms with Gasteiger partial charge in [0.2, 0.25) is 0 Å². The molecule has 1 amide bonds. The smallest absolute Gasteiger partial charge is 0.266 e. The first kappa shape index (κ1) is 17.4. The van der Waals surface area contributed by atoms with E-state index in [-0.39, 0.29) is 11.9 Å². The molecule has 0 radical (unpaired) electrons. The molecule has 2 aromatic rings. The van der Waals surface area contributed by atoms with Crippen LogP contribution in [0.3, 0.4) is 0 Å². The number of thiocarbonyl (C=S) groups is 1. The Hall–Kier alpha value is -2.05. The van der Waals surface area contributed by atoms with Gasteiger partial charge in [-0.15, -0.1) is 0 Å². The van der Waals surface area contributed by atoms with Crippen LogP contribution >= 0.6 is 24.0 Å². The first-order valence-corrected chi connectivity index (χ1v) is 9.89. The van der Waals surface area contributed by atoms with Crippen molar-refractivity contribution in [1.82, 2.24) is 4.90 Å². The molecule has 2 fully saturated rings.